The monoisotopic (exact) mass is 552 g/mol. The molecule has 2 aromatic carbocycles. The lowest BCUT2D eigenvalue weighted by atomic mass is 9.73. The fourth-order valence-corrected chi connectivity index (χ4v) is 7.42. The van der Waals surface area contributed by atoms with E-state index in [1.54, 1.807) is 7.11 Å². The number of hydrogen-bond acceptors (Lipinski definition) is 10. The predicted octanol–water partition coefficient (Wildman–Crippen LogP) is 4.06. The van der Waals surface area contributed by atoms with Gasteiger partial charge < -0.3 is 33.9 Å². The van der Waals surface area contributed by atoms with Gasteiger partial charge in [-0.3, -0.25) is 9.80 Å². The summed E-state index contributed by atoms with van der Waals surface area (Å²) in [6.45, 7) is 9.50. The second kappa shape index (κ2) is 9.87. The summed E-state index contributed by atoms with van der Waals surface area (Å²) >= 11 is 0. The van der Waals surface area contributed by atoms with Crippen molar-refractivity contribution >= 4 is 6.16 Å². The molecule has 0 aliphatic carbocycles. The number of ether oxygens (including phenoxy) is 5. The van der Waals surface area contributed by atoms with E-state index in [1.807, 2.05) is 20.9 Å². The number of rotatable bonds is 5. The van der Waals surface area contributed by atoms with Gasteiger partial charge in [0.15, 0.2) is 23.0 Å². The van der Waals surface area contributed by atoms with Crippen LogP contribution in [0.3, 0.4) is 0 Å². The van der Waals surface area contributed by atoms with Gasteiger partial charge in [-0.1, -0.05) is 25.6 Å². The maximum atomic E-state index is 12.7. The Morgan fingerprint density at radius 1 is 1.18 bits per heavy atom. The van der Waals surface area contributed by atoms with Crippen molar-refractivity contribution in [2.75, 3.05) is 27.6 Å². The average molecular weight is 553 g/mol. The number of fused-ring (bicyclic) bond motifs is 9. The van der Waals surface area contributed by atoms with Gasteiger partial charge in [-0.15, -0.1) is 0 Å². The minimum atomic E-state index is -0.832. The number of nitrogens with zero attached hydrogens (tertiary/aromatic N) is 2. The topological polar surface area (TPSA) is 110 Å². The van der Waals surface area contributed by atoms with Gasteiger partial charge >= 0.3 is 6.16 Å². The van der Waals surface area contributed by atoms with Gasteiger partial charge in [0.2, 0.25) is 6.79 Å². The molecule has 40 heavy (non-hydrogen) atoms. The quantitative estimate of drug-likeness (QED) is 0.320. The minimum Gasteiger partial charge on any atom is -0.504 e. The van der Waals surface area contributed by atoms with Crippen LogP contribution in [0.5, 0.6) is 28.7 Å². The molecule has 2 aromatic rings. The number of carbonyl (C=O) groups excluding carboxylic acids is 1. The molecular weight excluding hydrogens is 516 g/mol. The van der Waals surface area contributed by atoms with E-state index in [1.165, 1.54) is 6.08 Å². The van der Waals surface area contributed by atoms with Crippen LogP contribution in [0, 0.1) is 13.8 Å². The number of carbonyl (C=O) groups is 1. The predicted molar refractivity (Wildman–Crippen MR) is 145 cm³/mol. The summed E-state index contributed by atoms with van der Waals surface area (Å²) in [5.74, 6) is 2.14. The number of aryl methyl sites for hydroxylation is 1. The fraction of sp³-hybridized carbons (Fsp3) is 0.500. The number of aliphatic hydroxyl groups is 1. The van der Waals surface area contributed by atoms with Crippen molar-refractivity contribution in [2.45, 2.75) is 70.4 Å². The number of methoxy groups -OCH3 is 1. The molecule has 1 unspecified atom stereocenters. The summed E-state index contributed by atoms with van der Waals surface area (Å²) in [6, 6.07) is 1.12. The van der Waals surface area contributed by atoms with Gasteiger partial charge in [0.25, 0.3) is 0 Å². The molecule has 10 nitrogen and oxygen atoms in total. The van der Waals surface area contributed by atoms with Crippen molar-refractivity contribution in [3.05, 3.63) is 52.1 Å². The van der Waals surface area contributed by atoms with E-state index in [0.29, 0.717) is 47.8 Å². The van der Waals surface area contributed by atoms with Gasteiger partial charge in [0.1, 0.15) is 18.6 Å². The first-order valence-electron chi connectivity index (χ1n) is 13.7. The number of aliphatic hydroxyl groups excluding tert-OH is 1. The van der Waals surface area contributed by atoms with E-state index in [9.17, 15) is 15.0 Å². The minimum absolute atomic E-state index is 0.0242. The molecule has 0 amide bonds. The normalized spacial score (nSPS) is 26.4. The lowest BCUT2D eigenvalue weighted by Crippen LogP contribution is -2.68. The van der Waals surface area contributed by atoms with Crippen LogP contribution in [0.15, 0.2) is 18.7 Å². The van der Waals surface area contributed by atoms with Crippen LogP contribution in [0.1, 0.15) is 58.8 Å². The molecule has 0 spiro atoms. The standard InChI is InChI=1S/C30H36N2O8/c1-7-9-37-30(35)40-26-15(4)27-28(39-13-38-27)22-17(26)12-19-23-21-16(10-14(3)25(36-6)24(21)33)11-20(31(23)5)29(34)32(19)18(22)8-2/h7,10,18-20,23,29,33-34H,1,8-9,11-13H2,2-6H3/t18-,19?,20-,23-,29-/m0/s1. The first-order chi connectivity index (χ1) is 19.2. The van der Waals surface area contributed by atoms with Crippen LogP contribution in [0.25, 0.3) is 0 Å². The Kier molecular flexibility index (Phi) is 6.59. The molecule has 0 aromatic heterocycles. The number of hydrogen-bond donors (Lipinski definition) is 2. The molecule has 2 N–H and O–H groups in total. The average Bonchev–Trinajstić information content (AvgIpc) is 3.42. The van der Waals surface area contributed by atoms with Crippen molar-refractivity contribution in [2.24, 2.45) is 0 Å². The number of phenols is 1. The first kappa shape index (κ1) is 26.7. The SMILES string of the molecule is C=CCOC(=O)Oc1c(C)c2c(c3c1CC1[C@H]4c5c(cc(C)c(OC)c5O)C[C@@H]([C@H](O)N1[C@H]3CC)N4C)OCO2. The van der Waals surface area contributed by atoms with Crippen molar-refractivity contribution in [1.29, 1.82) is 0 Å². The highest BCUT2D eigenvalue weighted by Gasteiger charge is 2.56. The maximum absolute atomic E-state index is 12.7. The van der Waals surface area contributed by atoms with Crippen molar-refractivity contribution in [1.82, 2.24) is 9.80 Å². The molecule has 4 heterocycles. The summed E-state index contributed by atoms with van der Waals surface area (Å²) in [7, 11) is 3.56. The van der Waals surface area contributed by atoms with Gasteiger partial charge in [-0.05, 0) is 51.3 Å². The van der Waals surface area contributed by atoms with Crippen LogP contribution in [0.2, 0.25) is 0 Å². The Hall–Kier alpha value is -3.47. The summed E-state index contributed by atoms with van der Waals surface area (Å²) in [4.78, 5) is 17.0. The Balaban J connectivity index is 1.55. The van der Waals surface area contributed by atoms with E-state index >= 15 is 0 Å². The third kappa shape index (κ3) is 3.69. The lowest BCUT2D eigenvalue weighted by Gasteiger charge is -2.60. The Morgan fingerprint density at radius 3 is 2.62 bits per heavy atom. The zero-order valence-electron chi connectivity index (χ0n) is 23.5. The fourth-order valence-electron chi connectivity index (χ4n) is 7.42. The number of aromatic hydroxyl groups is 1. The second-order valence-electron chi connectivity index (χ2n) is 10.9. The molecule has 4 aliphatic heterocycles. The summed E-state index contributed by atoms with van der Waals surface area (Å²) in [5, 5.41) is 23.4. The van der Waals surface area contributed by atoms with E-state index in [-0.39, 0.29) is 43.3 Å². The molecular formula is C30H36N2O8. The molecule has 10 heteroatoms. The van der Waals surface area contributed by atoms with Gasteiger partial charge in [0.05, 0.1) is 19.2 Å². The highest BCUT2D eigenvalue weighted by atomic mass is 16.7. The van der Waals surface area contributed by atoms with Crippen LogP contribution >= 0.6 is 0 Å². The van der Waals surface area contributed by atoms with E-state index < -0.39 is 12.4 Å². The van der Waals surface area contributed by atoms with Crippen molar-refractivity contribution in [3.8, 4) is 28.7 Å². The molecule has 1 saturated heterocycles. The highest BCUT2D eigenvalue weighted by Crippen LogP contribution is 2.58. The molecule has 2 bridgehead atoms. The Morgan fingerprint density at radius 2 is 1.93 bits per heavy atom. The molecule has 0 radical (unpaired) electrons. The van der Waals surface area contributed by atoms with Gasteiger partial charge in [-0.25, -0.2) is 4.79 Å². The van der Waals surface area contributed by atoms with Crippen LogP contribution in [0.4, 0.5) is 4.79 Å². The largest absolute Gasteiger partial charge is 0.514 e. The van der Waals surface area contributed by atoms with Gasteiger partial charge in [0, 0.05) is 34.3 Å². The van der Waals surface area contributed by atoms with E-state index in [2.05, 4.69) is 29.4 Å². The first-order valence-corrected chi connectivity index (χ1v) is 13.7. The molecule has 1 fully saturated rings. The summed E-state index contributed by atoms with van der Waals surface area (Å²) in [6.07, 6.45) is 1.56. The number of phenolic OH excluding ortho intramolecular Hbond substituents is 1. The highest BCUT2D eigenvalue weighted by molar-refractivity contribution is 5.71. The lowest BCUT2D eigenvalue weighted by molar-refractivity contribution is -0.172. The summed E-state index contributed by atoms with van der Waals surface area (Å²) in [5.41, 5.74) is 4.99. The molecule has 4 aliphatic rings. The molecule has 214 valence electrons. The third-order valence-corrected chi connectivity index (χ3v) is 8.99. The van der Waals surface area contributed by atoms with Crippen molar-refractivity contribution < 1.29 is 38.7 Å². The van der Waals surface area contributed by atoms with Crippen LogP contribution in [-0.2, 0) is 17.6 Å². The van der Waals surface area contributed by atoms with E-state index in [4.69, 9.17) is 23.7 Å². The third-order valence-electron chi connectivity index (χ3n) is 8.99. The molecule has 5 atom stereocenters. The second-order valence-corrected chi connectivity index (χ2v) is 10.9. The Labute approximate surface area is 233 Å². The maximum Gasteiger partial charge on any atom is 0.514 e. The molecule has 0 saturated carbocycles. The zero-order valence-corrected chi connectivity index (χ0v) is 23.5. The zero-order chi connectivity index (χ0) is 28.5. The number of likely N-dealkylation sites (N-methyl/N-ethyl adjacent to an activating group) is 1. The van der Waals surface area contributed by atoms with Gasteiger partial charge in [-0.2, -0.15) is 0 Å². The molecule has 6 rings (SSSR count). The van der Waals surface area contributed by atoms with Crippen molar-refractivity contribution in [3.63, 3.8) is 0 Å². The smallest absolute Gasteiger partial charge is 0.504 e. The number of benzene rings is 2. The Bertz CT molecular complexity index is 1390. The van der Waals surface area contributed by atoms with E-state index in [0.717, 1.165) is 27.8 Å². The summed E-state index contributed by atoms with van der Waals surface area (Å²) < 4.78 is 28.4. The number of piperazine rings is 1. The van der Waals surface area contributed by atoms with Crippen LogP contribution in [-0.4, -0.2) is 72.0 Å². The van der Waals surface area contributed by atoms with Crippen LogP contribution < -0.4 is 18.9 Å².